The molecule has 26 heavy (non-hydrogen) atoms. The van der Waals surface area contributed by atoms with Gasteiger partial charge in [-0.3, -0.25) is 4.72 Å². The number of esters is 2. The van der Waals surface area contributed by atoms with Crippen LogP contribution in [-0.4, -0.2) is 34.6 Å². The number of hydrogen-bond acceptors (Lipinski definition) is 6. The smallest absolute Gasteiger partial charge is 0.339 e. The van der Waals surface area contributed by atoms with Gasteiger partial charge in [0.15, 0.2) is 0 Å². The van der Waals surface area contributed by atoms with Crippen molar-refractivity contribution < 1.29 is 27.5 Å². The van der Waals surface area contributed by atoms with E-state index in [1.165, 1.54) is 32.4 Å². The zero-order valence-corrected chi connectivity index (χ0v) is 15.6. The lowest BCUT2D eigenvalue weighted by atomic mass is 10.1. The fraction of sp³-hybridized carbons (Fsp3) is 0.176. The number of halogens is 1. The summed E-state index contributed by atoms with van der Waals surface area (Å²) < 4.78 is 36.5. The molecule has 0 heterocycles. The van der Waals surface area contributed by atoms with Crippen LogP contribution in [0.5, 0.6) is 0 Å². The van der Waals surface area contributed by atoms with E-state index >= 15 is 0 Å². The maximum Gasteiger partial charge on any atom is 0.339 e. The highest BCUT2D eigenvalue weighted by atomic mass is 35.5. The van der Waals surface area contributed by atoms with Gasteiger partial charge < -0.3 is 9.47 Å². The van der Waals surface area contributed by atoms with E-state index in [2.05, 4.69) is 14.2 Å². The zero-order chi connectivity index (χ0) is 19.3. The first kappa shape index (κ1) is 19.7. The van der Waals surface area contributed by atoms with Gasteiger partial charge in [0.05, 0.1) is 36.8 Å². The Kier molecular flexibility index (Phi) is 6.23. The number of anilines is 1. The molecule has 0 aromatic heterocycles. The number of rotatable bonds is 6. The van der Waals surface area contributed by atoms with Crippen molar-refractivity contribution >= 4 is 39.3 Å². The summed E-state index contributed by atoms with van der Waals surface area (Å²) in [6.07, 6.45) is 0. The van der Waals surface area contributed by atoms with E-state index in [0.717, 1.165) is 0 Å². The van der Waals surface area contributed by atoms with E-state index in [4.69, 9.17) is 11.6 Å². The van der Waals surface area contributed by atoms with Gasteiger partial charge in [0.25, 0.3) is 0 Å². The monoisotopic (exact) mass is 397 g/mol. The Morgan fingerprint density at radius 1 is 1.00 bits per heavy atom. The van der Waals surface area contributed by atoms with E-state index in [1.54, 1.807) is 24.3 Å². The maximum absolute atomic E-state index is 12.5. The van der Waals surface area contributed by atoms with Gasteiger partial charge in [0.2, 0.25) is 10.0 Å². The third-order valence-electron chi connectivity index (χ3n) is 3.38. The molecule has 0 radical (unpaired) electrons. The molecule has 1 N–H and O–H groups in total. The van der Waals surface area contributed by atoms with Crippen molar-refractivity contribution in [1.82, 2.24) is 0 Å². The molecule has 0 bridgehead atoms. The normalized spacial score (nSPS) is 10.9. The van der Waals surface area contributed by atoms with Crippen LogP contribution < -0.4 is 4.72 Å². The molecule has 9 heteroatoms. The van der Waals surface area contributed by atoms with Crippen molar-refractivity contribution in [3.05, 3.63) is 64.2 Å². The van der Waals surface area contributed by atoms with Crippen LogP contribution in [-0.2, 0) is 25.2 Å². The largest absolute Gasteiger partial charge is 0.465 e. The lowest BCUT2D eigenvalue weighted by Crippen LogP contribution is -2.18. The van der Waals surface area contributed by atoms with Crippen molar-refractivity contribution in [1.29, 1.82) is 0 Å². The SMILES string of the molecule is COC(=O)c1ccc(C(=O)OC)c(NS(=O)(=O)Cc2ccc(Cl)cc2)c1. The van der Waals surface area contributed by atoms with Crippen molar-refractivity contribution in [2.45, 2.75) is 5.75 Å². The molecule has 138 valence electrons. The highest BCUT2D eigenvalue weighted by Crippen LogP contribution is 2.22. The lowest BCUT2D eigenvalue weighted by molar-refractivity contribution is 0.0587. The minimum absolute atomic E-state index is 0.0279. The number of nitrogens with one attached hydrogen (secondary N) is 1. The second kappa shape index (κ2) is 8.20. The predicted octanol–water partition coefficient (Wildman–Crippen LogP) is 2.86. The Hall–Kier alpha value is -2.58. The standard InChI is InChI=1S/C17H16ClNO6S/c1-24-16(20)12-5-8-14(17(21)25-2)15(9-12)19-26(22,23)10-11-3-6-13(18)7-4-11/h3-9,19H,10H2,1-2H3. The van der Waals surface area contributed by atoms with Gasteiger partial charge in [-0.25, -0.2) is 18.0 Å². The number of carbonyl (C=O) groups is 2. The Morgan fingerprint density at radius 2 is 1.62 bits per heavy atom. The highest BCUT2D eigenvalue weighted by molar-refractivity contribution is 7.91. The summed E-state index contributed by atoms with van der Waals surface area (Å²) in [5.41, 5.74) is 0.489. The molecule has 0 unspecified atom stereocenters. The summed E-state index contributed by atoms with van der Waals surface area (Å²) in [5, 5.41) is 0.484. The molecule has 0 saturated carbocycles. The Morgan fingerprint density at radius 3 is 2.19 bits per heavy atom. The van der Waals surface area contributed by atoms with E-state index in [1.807, 2.05) is 0 Å². The number of methoxy groups -OCH3 is 2. The van der Waals surface area contributed by atoms with Gasteiger partial charge >= 0.3 is 11.9 Å². The third kappa shape index (κ3) is 4.96. The summed E-state index contributed by atoms with van der Waals surface area (Å²) >= 11 is 5.78. The van der Waals surface area contributed by atoms with Crippen LogP contribution >= 0.6 is 11.6 Å². The summed E-state index contributed by atoms with van der Waals surface area (Å²) in [6.45, 7) is 0. The Bertz CT molecular complexity index is 925. The molecule has 2 rings (SSSR count). The van der Waals surface area contributed by atoms with Crippen molar-refractivity contribution in [2.24, 2.45) is 0 Å². The van der Waals surface area contributed by atoms with Crippen LogP contribution in [0.4, 0.5) is 5.69 Å². The first-order chi connectivity index (χ1) is 12.3. The molecule has 0 amide bonds. The predicted molar refractivity (Wildman–Crippen MR) is 96.8 cm³/mol. The fourth-order valence-electron chi connectivity index (χ4n) is 2.17. The van der Waals surface area contributed by atoms with Crippen LogP contribution in [0.15, 0.2) is 42.5 Å². The van der Waals surface area contributed by atoms with E-state index in [0.29, 0.717) is 10.6 Å². The minimum Gasteiger partial charge on any atom is -0.465 e. The molecule has 0 spiro atoms. The Balaban J connectivity index is 2.36. The van der Waals surface area contributed by atoms with Crippen molar-refractivity contribution in [3.8, 4) is 0 Å². The Labute approximate surface area is 155 Å². The molecule has 2 aromatic rings. The second-order valence-electron chi connectivity index (χ2n) is 5.23. The quantitative estimate of drug-likeness (QED) is 0.752. The molecular formula is C17H16ClNO6S. The van der Waals surface area contributed by atoms with Crippen LogP contribution in [0.1, 0.15) is 26.3 Å². The summed E-state index contributed by atoms with van der Waals surface area (Å²) in [4.78, 5) is 23.6. The van der Waals surface area contributed by atoms with Gasteiger partial charge in [0.1, 0.15) is 0 Å². The van der Waals surface area contributed by atoms with Gasteiger partial charge in [0, 0.05) is 5.02 Å². The average Bonchev–Trinajstić information content (AvgIpc) is 2.61. The minimum atomic E-state index is -3.87. The zero-order valence-electron chi connectivity index (χ0n) is 14.0. The van der Waals surface area contributed by atoms with Crippen molar-refractivity contribution in [3.63, 3.8) is 0 Å². The number of ether oxygens (including phenoxy) is 2. The fourth-order valence-corrected chi connectivity index (χ4v) is 3.50. The van der Waals surface area contributed by atoms with Gasteiger partial charge in [-0.15, -0.1) is 0 Å². The lowest BCUT2D eigenvalue weighted by Gasteiger charge is -2.13. The van der Waals surface area contributed by atoms with Crippen LogP contribution in [0.25, 0.3) is 0 Å². The number of benzene rings is 2. The van der Waals surface area contributed by atoms with Crippen molar-refractivity contribution in [2.75, 3.05) is 18.9 Å². The van der Waals surface area contributed by atoms with Gasteiger partial charge in [-0.05, 0) is 35.9 Å². The van der Waals surface area contributed by atoms with Crippen LogP contribution in [0.2, 0.25) is 5.02 Å². The molecule has 0 fully saturated rings. The highest BCUT2D eigenvalue weighted by Gasteiger charge is 2.20. The summed E-state index contributed by atoms with van der Waals surface area (Å²) in [7, 11) is -1.50. The van der Waals surface area contributed by atoms with Crippen LogP contribution in [0.3, 0.4) is 0 Å². The first-order valence-corrected chi connectivity index (χ1v) is 9.34. The van der Waals surface area contributed by atoms with Gasteiger partial charge in [-0.1, -0.05) is 23.7 Å². The number of hydrogen-bond donors (Lipinski definition) is 1. The van der Waals surface area contributed by atoms with Crippen LogP contribution in [0, 0.1) is 0 Å². The number of carbonyl (C=O) groups excluding carboxylic acids is 2. The molecule has 0 aliphatic heterocycles. The van der Waals surface area contributed by atoms with E-state index in [-0.39, 0.29) is 22.6 Å². The molecule has 2 aromatic carbocycles. The molecular weight excluding hydrogens is 382 g/mol. The maximum atomic E-state index is 12.5. The third-order valence-corrected chi connectivity index (χ3v) is 4.88. The molecule has 0 atom stereocenters. The molecule has 0 aliphatic carbocycles. The second-order valence-corrected chi connectivity index (χ2v) is 7.39. The number of sulfonamides is 1. The average molecular weight is 398 g/mol. The van der Waals surface area contributed by atoms with E-state index < -0.39 is 22.0 Å². The summed E-state index contributed by atoms with van der Waals surface area (Å²) in [6, 6.07) is 10.2. The molecule has 0 saturated heterocycles. The topological polar surface area (TPSA) is 98.8 Å². The summed E-state index contributed by atoms with van der Waals surface area (Å²) in [5.74, 6) is -1.75. The van der Waals surface area contributed by atoms with Gasteiger partial charge in [-0.2, -0.15) is 0 Å². The molecule has 7 nitrogen and oxygen atoms in total. The first-order valence-electron chi connectivity index (χ1n) is 7.31. The molecule has 0 aliphatic rings. The van der Waals surface area contributed by atoms with E-state index in [9.17, 15) is 18.0 Å².